The molecule has 22 heavy (non-hydrogen) atoms. The molecule has 0 radical (unpaired) electrons. The maximum absolute atomic E-state index is 12.1. The number of fused-ring (bicyclic) bond motifs is 1. The van der Waals surface area contributed by atoms with Gasteiger partial charge in [0.15, 0.2) is 5.78 Å². The molecule has 1 N–H and O–H groups in total. The third kappa shape index (κ3) is 3.58. The largest absolute Gasteiger partial charge is 0.478 e. The van der Waals surface area contributed by atoms with Crippen molar-refractivity contribution in [2.24, 2.45) is 0 Å². The van der Waals surface area contributed by atoms with Crippen LogP contribution >= 0.6 is 11.6 Å². The number of hydrogen-bond acceptors (Lipinski definition) is 2. The van der Waals surface area contributed by atoms with Crippen molar-refractivity contribution >= 4 is 23.4 Å². The molecular formula is C18H21ClO3. The average molecular weight is 321 g/mol. The smallest absolute Gasteiger partial charge is 0.339 e. The van der Waals surface area contributed by atoms with Crippen molar-refractivity contribution in [3.05, 3.63) is 45.5 Å². The van der Waals surface area contributed by atoms with Gasteiger partial charge in [-0.05, 0) is 30.4 Å². The molecular weight excluding hydrogens is 300 g/mol. The summed E-state index contributed by atoms with van der Waals surface area (Å²) in [6.07, 6.45) is 8.76. The number of aliphatic carboxylic acids is 1. The van der Waals surface area contributed by atoms with E-state index in [4.69, 9.17) is 16.7 Å². The molecule has 0 fully saturated rings. The zero-order valence-corrected chi connectivity index (χ0v) is 13.6. The van der Waals surface area contributed by atoms with E-state index in [0.717, 1.165) is 24.0 Å². The number of ketones is 1. The van der Waals surface area contributed by atoms with Crippen molar-refractivity contribution < 1.29 is 14.7 Å². The number of unbranched alkanes of at least 4 members (excludes halogenated alkanes) is 4. The molecule has 3 nitrogen and oxygen atoms in total. The molecule has 0 atom stereocenters. The standard InChI is InChI=1S/C18H21ClO3/c1-2-3-4-5-6-7-12-8-9-14-13(16(12)19)10-11-15(17(14)20)18(21)22/h8-9,11H,2-7,10H2,1H3,(H,21,22). The summed E-state index contributed by atoms with van der Waals surface area (Å²) >= 11 is 6.43. The summed E-state index contributed by atoms with van der Waals surface area (Å²) in [5.41, 5.74) is 2.09. The van der Waals surface area contributed by atoms with E-state index in [1.807, 2.05) is 6.07 Å². The number of halogens is 1. The van der Waals surface area contributed by atoms with Crippen LogP contribution in [-0.2, 0) is 17.6 Å². The molecule has 0 spiro atoms. The summed E-state index contributed by atoms with van der Waals surface area (Å²) in [6, 6.07) is 3.59. The lowest BCUT2D eigenvalue weighted by Gasteiger charge is -2.17. The van der Waals surface area contributed by atoms with Crippen molar-refractivity contribution in [1.29, 1.82) is 0 Å². The van der Waals surface area contributed by atoms with Crippen LogP contribution in [-0.4, -0.2) is 16.9 Å². The van der Waals surface area contributed by atoms with Gasteiger partial charge < -0.3 is 5.11 Å². The second-order valence-electron chi connectivity index (χ2n) is 5.69. The van der Waals surface area contributed by atoms with Crippen molar-refractivity contribution in [3.8, 4) is 0 Å². The number of carbonyl (C=O) groups excluding carboxylic acids is 1. The van der Waals surface area contributed by atoms with Crippen LogP contribution in [0.1, 0.15) is 60.5 Å². The predicted molar refractivity (Wildman–Crippen MR) is 87.7 cm³/mol. The van der Waals surface area contributed by atoms with Gasteiger partial charge in [-0.3, -0.25) is 4.79 Å². The molecule has 118 valence electrons. The van der Waals surface area contributed by atoms with Crippen LogP contribution in [0.15, 0.2) is 23.8 Å². The summed E-state index contributed by atoms with van der Waals surface area (Å²) in [7, 11) is 0. The number of hydrogen-bond donors (Lipinski definition) is 1. The van der Waals surface area contributed by atoms with Gasteiger partial charge in [0, 0.05) is 10.6 Å². The fraction of sp³-hybridized carbons (Fsp3) is 0.444. The first kappa shape index (κ1) is 16.8. The highest BCUT2D eigenvalue weighted by Gasteiger charge is 2.27. The summed E-state index contributed by atoms with van der Waals surface area (Å²) in [6.45, 7) is 2.19. The van der Waals surface area contributed by atoms with Crippen molar-refractivity contribution in [2.75, 3.05) is 0 Å². The second-order valence-corrected chi connectivity index (χ2v) is 6.06. The molecule has 4 heteroatoms. The maximum Gasteiger partial charge on any atom is 0.339 e. The molecule has 2 rings (SSSR count). The van der Waals surface area contributed by atoms with E-state index in [2.05, 4.69) is 6.92 Å². The lowest BCUT2D eigenvalue weighted by Crippen LogP contribution is -2.19. The van der Waals surface area contributed by atoms with Crippen molar-refractivity contribution in [3.63, 3.8) is 0 Å². The Labute approximate surface area is 136 Å². The molecule has 0 aliphatic heterocycles. The van der Waals surface area contributed by atoms with Crippen LogP contribution in [0.25, 0.3) is 0 Å². The Morgan fingerprint density at radius 2 is 1.95 bits per heavy atom. The molecule has 0 saturated heterocycles. The average Bonchev–Trinajstić information content (AvgIpc) is 2.49. The minimum atomic E-state index is -1.17. The highest BCUT2D eigenvalue weighted by molar-refractivity contribution is 6.34. The molecule has 0 saturated carbocycles. The number of rotatable bonds is 7. The molecule has 0 amide bonds. The lowest BCUT2D eigenvalue weighted by atomic mass is 9.88. The Morgan fingerprint density at radius 1 is 1.23 bits per heavy atom. The van der Waals surface area contributed by atoms with Crippen molar-refractivity contribution in [1.82, 2.24) is 0 Å². The van der Waals surface area contributed by atoms with Gasteiger partial charge in [0.1, 0.15) is 5.57 Å². The fourth-order valence-corrected chi connectivity index (χ4v) is 3.16. The molecule has 0 unspecified atom stereocenters. The van der Waals surface area contributed by atoms with E-state index in [9.17, 15) is 9.59 Å². The Morgan fingerprint density at radius 3 is 2.64 bits per heavy atom. The van der Waals surface area contributed by atoms with Crippen LogP contribution in [0, 0.1) is 0 Å². The maximum atomic E-state index is 12.1. The zero-order valence-electron chi connectivity index (χ0n) is 12.8. The highest BCUT2D eigenvalue weighted by Crippen LogP contribution is 2.31. The normalized spacial score (nSPS) is 13.7. The summed E-state index contributed by atoms with van der Waals surface area (Å²) in [5, 5.41) is 9.65. The van der Waals surface area contributed by atoms with Gasteiger partial charge in [0.25, 0.3) is 0 Å². The van der Waals surface area contributed by atoms with E-state index in [1.54, 1.807) is 6.07 Å². The van der Waals surface area contributed by atoms with Crippen LogP contribution in [0.3, 0.4) is 0 Å². The Bertz CT molecular complexity index is 617. The van der Waals surface area contributed by atoms with E-state index in [-0.39, 0.29) is 5.57 Å². The molecule has 0 bridgehead atoms. The van der Waals surface area contributed by atoms with Gasteiger partial charge in [-0.1, -0.05) is 62.4 Å². The molecule has 1 aliphatic carbocycles. The van der Waals surface area contributed by atoms with E-state index < -0.39 is 11.8 Å². The van der Waals surface area contributed by atoms with Crippen LogP contribution in [0.4, 0.5) is 0 Å². The first-order chi connectivity index (χ1) is 10.6. The molecule has 1 aromatic carbocycles. The van der Waals surface area contributed by atoms with Gasteiger partial charge in [0.2, 0.25) is 0 Å². The third-order valence-corrected chi connectivity index (χ3v) is 4.57. The Kier molecular flexibility index (Phi) is 5.78. The molecule has 1 aliphatic rings. The van der Waals surface area contributed by atoms with Gasteiger partial charge >= 0.3 is 5.97 Å². The van der Waals surface area contributed by atoms with Crippen LogP contribution in [0.5, 0.6) is 0 Å². The van der Waals surface area contributed by atoms with E-state index >= 15 is 0 Å². The molecule has 0 aromatic heterocycles. The topological polar surface area (TPSA) is 54.4 Å². The number of carboxylic acids is 1. The number of allylic oxidation sites excluding steroid dienone is 1. The summed E-state index contributed by atoms with van der Waals surface area (Å²) in [4.78, 5) is 23.2. The number of aryl methyl sites for hydroxylation is 1. The zero-order chi connectivity index (χ0) is 16.1. The van der Waals surface area contributed by atoms with Crippen LogP contribution < -0.4 is 0 Å². The minimum Gasteiger partial charge on any atom is -0.478 e. The lowest BCUT2D eigenvalue weighted by molar-refractivity contribution is -0.132. The Hall–Kier alpha value is -1.61. The van der Waals surface area contributed by atoms with Gasteiger partial charge in [-0.2, -0.15) is 0 Å². The van der Waals surface area contributed by atoms with E-state index in [0.29, 0.717) is 17.0 Å². The predicted octanol–water partition coefficient (Wildman–Crippen LogP) is 4.60. The number of carbonyl (C=O) groups is 2. The number of benzene rings is 1. The first-order valence-corrected chi connectivity index (χ1v) is 8.22. The molecule has 1 aromatic rings. The highest BCUT2D eigenvalue weighted by atomic mass is 35.5. The third-order valence-electron chi connectivity index (χ3n) is 4.10. The quantitative estimate of drug-likeness (QED) is 0.590. The van der Waals surface area contributed by atoms with Gasteiger partial charge in [-0.25, -0.2) is 4.79 Å². The summed E-state index contributed by atoms with van der Waals surface area (Å²) < 4.78 is 0. The van der Waals surface area contributed by atoms with Crippen LogP contribution in [0.2, 0.25) is 5.02 Å². The fourth-order valence-electron chi connectivity index (χ4n) is 2.82. The summed E-state index contributed by atoms with van der Waals surface area (Å²) in [5.74, 6) is -1.61. The Balaban J connectivity index is 2.11. The van der Waals surface area contributed by atoms with Crippen molar-refractivity contribution in [2.45, 2.75) is 51.9 Å². The number of carboxylic acid groups (broad SMARTS) is 1. The first-order valence-electron chi connectivity index (χ1n) is 7.84. The van der Waals surface area contributed by atoms with Gasteiger partial charge in [-0.15, -0.1) is 0 Å². The molecule has 0 heterocycles. The van der Waals surface area contributed by atoms with E-state index in [1.165, 1.54) is 31.8 Å². The minimum absolute atomic E-state index is 0.157. The monoisotopic (exact) mass is 320 g/mol. The SMILES string of the molecule is CCCCCCCc1ccc2c(c1Cl)CC=C(C(=O)O)C2=O. The number of Topliss-reactive ketones (excluding diaryl/α,β-unsaturated/α-hetero) is 1. The second kappa shape index (κ2) is 7.59. The van der Waals surface area contributed by atoms with Gasteiger partial charge in [0.05, 0.1) is 0 Å².